The van der Waals surface area contributed by atoms with E-state index < -0.39 is 0 Å². The maximum atomic E-state index is 4.29. The van der Waals surface area contributed by atoms with E-state index in [1.54, 1.807) is 0 Å². The Morgan fingerprint density at radius 3 is 2.75 bits per heavy atom. The lowest BCUT2D eigenvalue weighted by atomic mass is 10.0. The molecule has 5 heteroatoms. The van der Waals surface area contributed by atoms with Gasteiger partial charge in [0.1, 0.15) is 0 Å². The van der Waals surface area contributed by atoms with Crippen LogP contribution in [0.4, 0.5) is 0 Å². The van der Waals surface area contributed by atoms with E-state index in [2.05, 4.69) is 47.6 Å². The Hall–Kier alpha value is -0.420. The smallest absolute Gasteiger partial charge is 0.191 e. The number of guanidine groups is 1. The van der Waals surface area contributed by atoms with Crippen molar-refractivity contribution in [3.05, 3.63) is 0 Å². The highest BCUT2D eigenvalue weighted by Gasteiger charge is 2.17. The molecule has 20 heavy (non-hydrogen) atoms. The Balaban J connectivity index is 2.21. The van der Waals surface area contributed by atoms with E-state index >= 15 is 0 Å². The lowest BCUT2D eigenvalue weighted by molar-refractivity contribution is 0.187. The molecule has 0 aromatic rings. The third-order valence-electron chi connectivity index (χ3n) is 3.92. The summed E-state index contributed by atoms with van der Waals surface area (Å²) in [4.78, 5) is 6.85. The van der Waals surface area contributed by atoms with Crippen LogP contribution in [0.3, 0.4) is 0 Å². The molecule has 118 valence electrons. The number of rotatable bonds is 6. The SMILES string of the molecule is CN=C(NCCN1CCCC(C)C1)NCC(C)(C)SC. The summed E-state index contributed by atoms with van der Waals surface area (Å²) in [6, 6.07) is 0. The molecule has 0 saturated carbocycles. The zero-order valence-corrected chi connectivity index (χ0v) is 14.6. The van der Waals surface area contributed by atoms with Gasteiger partial charge in [-0.1, -0.05) is 6.92 Å². The fourth-order valence-corrected chi connectivity index (χ4v) is 2.63. The Labute approximate surface area is 129 Å². The number of piperidine rings is 1. The summed E-state index contributed by atoms with van der Waals surface area (Å²) >= 11 is 1.87. The van der Waals surface area contributed by atoms with Crippen molar-refractivity contribution in [2.45, 2.75) is 38.4 Å². The summed E-state index contributed by atoms with van der Waals surface area (Å²) in [5.74, 6) is 1.76. The number of nitrogens with one attached hydrogen (secondary N) is 2. The summed E-state index contributed by atoms with van der Waals surface area (Å²) < 4.78 is 0.236. The predicted octanol–water partition coefficient (Wildman–Crippen LogP) is 2.02. The van der Waals surface area contributed by atoms with Crippen LogP contribution in [-0.2, 0) is 0 Å². The first-order valence-corrected chi connectivity index (χ1v) is 8.91. The van der Waals surface area contributed by atoms with Crippen LogP contribution in [0.15, 0.2) is 4.99 Å². The quantitative estimate of drug-likeness (QED) is 0.581. The molecule has 0 radical (unpaired) electrons. The van der Waals surface area contributed by atoms with Crippen LogP contribution in [0.25, 0.3) is 0 Å². The second-order valence-corrected chi connectivity index (χ2v) is 7.88. The summed E-state index contributed by atoms with van der Waals surface area (Å²) in [7, 11) is 1.84. The van der Waals surface area contributed by atoms with Gasteiger partial charge in [0.2, 0.25) is 0 Å². The molecule has 1 unspecified atom stereocenters. The minimum Gasteiger partial charge on any atom is -0.355 e. The van der Waals surface area contributed by atoms with E-state index in [1.165, 1.54) is 25.9 Å². The van der Waals surface area contributed by atoms with Crippen molar-refractivity contribution in [2.24, 2.45) is 10.9 Å². The first-order valence-electron chi connectivity index (χ1n) is 7.69. The molecule has 1 aliphatic rings. The van der Waals surface area contributed by atoms with Crippen LogP contribution >= 0.6 is 11.8 Å². The Morgan fingerprint density at radius 2 is 2.15 bits per heavy atom. The molecule has 0 aromatic heterocycles. The van der Waals surface area contributed by atoms with Gasteiger partial charge in [-0.3, -0.25) is 4.99 Å². The molecular weight excluding hydrogens is 268 g/mol. The second kappa shape index (κ2) is 8.78. The molecule has 1 aliphatic heterocycles. The largest absolute Gasteiger partial charge is 0.355 e. The average Bonchev–Trinajstić information content (AvgIpc) is 2.42. The maximum Gasteiger partial charge on any atom is 0.191 e. The van der Waals surface area contributed by atoms with Gasteiger partial charge in [-0.25, -0.2) is 0 Å². The highest BCUT2D eigenvalue weighted by atomic mass is 32.2. The predicted molar refractivity (Wildman–Crippen MR) is 91.8 cm³/mol. The topological polar surface area (TPSA) is 39.7 Å². The number of hydrogen-bond donors (Lipinski definition) is 2. The Kier molecular flexibility index (Phi) is 7.74. The van der Waals surface area contributed by atoms with Gasteiger partial charge in [-0.2, -0.15) is 11.8 Å². The molecule has 0 bridgehead atoms. The number of nitrogens with zero attached hydrogens (tertiary/aromatic N) is 2. The molecule has 0 aromatic carbocycles. The van der Waals surface area contributed by atoms with E-state index in [4.69, 9.17) is 0 Å². The molecule has 1 atom stereocenters. The van der Waals surface area contributed by atoms with Crippen LogP contribution in [-0.4, -0.2) is 61.6 Å². The van der Waals surface area contributed by atoms with Gasteiger partial charge in [0, 0.05) is 38.0 Å². The molecule has 1 fully saturated rings. The normalized spacial score (nSPS) is 21.9. The first kappa shape index (κ1) is 17.6. The van der Waals surface area contributed by atoms with E-state index in [0.29, 0.717) is 0 Å². The molecule has 4 nitrogen and oxygen atoms in total. The van der Waals surface area contributed by atoms with Crippen molar-refractivity contribution >= 4 is 17.7 Å². The second-order valence-electron chi connectivity index (χ2n) is 6.36. The summed E-state index contributed by atoms with van der Waals surface area (Å²) in [6.07, 6.45) is 4.88. The summed E-state index contributed by atoms with van der Waals surface area (Å²) in [5.41, 5.74) is 0. The van der Waals surface area contributed by atoms with Crippen molar-refractivity contribution in [3.8, 4) is 0 Å². The van der Waals surface area contributed by atoms with Gasteiger partial charge < -0.3 is 15.5 Å². The lowest BCUT2D eigenvalue weighted by Crippen LogP contribution is -2.46. The number of thioether (sulfide) groups is 1. The first-order chi connectivity index (χ1) is 9.46. The van der Waals surface area contributed by atoms with Crippen molar-refractivity contribution in [1.82, 2.24) is 15.5 Å². The average molecular weight is 301 g/mol. The molecule has 0 amide bonds. The van der Waals surface area contributed by atoms with Crippen LogP contribution in [0.1, 0.15) is 33.6 Å². The van der Waals surface area contributed by atoms with Gasteiger partial charge in [-0.05, 0) is 45.4 Å². The zero-order valence-electron chi connectivity index (χ0n) is 13.8. The number of aliphatic imine (C=N–C) groups is 1. The third kappa shape index (κ3) is 6.84. The lowest BCUT2D eigenvalue weighted by Gasteiger charge is -2.31. The highest BCUT2D eigenvalue weighted by molar-refractivity contribution is 7.99. The number of likely N-dealkylation sites (tertiary alicyclic amines) is 1. The molecule has 0 spiro atoms. The third-order valence-corrected chi connectivity index (χ3v) is 5.17. The summed E-state index contributed by atoms with van der Waals surface area (Å²) in [5, 5.41) is 6.82. The van der Waals surface area contributed by atoms with Gasteiger partial charge >= 0.3 is 0 Å². The summed E-state index contributed by atoms with van der Waals surface area (Å²) in [6.45, 7) is 12.3. The van der Waals surface area contributed by atoms with Crippen molar-refractivity contribution in [1.29, 1.82) is 0 Å². The maximum absolute atomic E-state index is 4.29. The van der Waals surface area contributed by atoms with Crippen LogP contribution in [0.2, 0.25) is 0 Å². The zero-order chi connectivity index (χ0) is 15.0. The van der Waals surface area contributed by atoms with E-state index in [-0.39, 0.29) is 4.75 Å². The Bertz CT molecular complexity index is 304. The molecule has 1 saturated heterocycles. The van der Waals surface area contributed by atoms with E-state index in [9.17, 15) is 0 Å². The van der Waals surface area contributed by atoms with E-state index in [0.717, 1.165) is 31.5 Å². The van der Waals surface area contributed by atoms with E-state index in [1.807, 2.05) is 18.8 Å². The molecule has 1 heterocycles. The minimum atomic E-state index is 0.236. The standard InChI is InChI=1S/C15H32N4S/c1-13-7-6-9-19(11-13)10-8-17-14(16-4)18-12-15(2,3)20-5/h13H,6-12H2,1-5H3,(H2,16,17,18). The molecule has 1 rings (SSSR count). The fourth-order valence-electron chi connectivity index (χ4n) is 2.41. The monoisotopic (exact) mass is 300 g/mol. The van der Waals surface area contributed by atoms with Gasteiger partial charge in [0.25, 0.3) is 0 Å². The van der Waals surface area contributed by atoms with Crippen molar-refractivity contribution in [3.63, 3.8) is 0 Å². The van der Waals surface area contributed by atoms with Crippen LogP contribution in [0.5, 0.6) is 0 Å². The number of hydrogen-bond acceptors (Lipinski definition) is 3. The van der Waals surface area contributed by atoms with Gasteiger partial charge in [0.05, 0.1) is 0 Å². The Morgan fingerprint density at radius 1 is 1.40 bits per heavy atom. The van der Waals surface area contributed by atoms with Gasteiger partial charge in [0.15, 0.2) is 5.96 Å². The molecular formula is C15H32N4S. The van der Waals surface area contributed by atoms with Crippen molar-refractivity contribution < 1.29 is 0 Å². The van der Waals surface area contributed by atoms with Crippen LogP contribution < -0.4 is 10.6 Å². The van der Waals surface area contributed by atoms with Gasteiger partial charge in [-0.15, -0.1) is 0 Å². The molecule has 2 N–H and O–H groups in total. The fraction of sp³-hybridized carbons (Fsp3) is 0.933. The highest BCUT2D eigenvalue weighted by Crippen LogP contribution is 2.19. The van der Waals surface area contributed by atoms with Crippen molar-refractivity contribution in [2.75, 3.05) is 46.0 Å². The minimum absolute atomic E-state index is 0.236. The van der Waals surface area contributed by atoms with Crippen LogP contribution in [0, 0.1) is 5.92 Å². The molecule has 0 aliphatic carbocycles.